The van der Waals surface area contributed by atoms with E-state index in [1.165, 1.54) is 61.8 Å². The van der Waals surface area contributed by atoms with Crippen LogP contribution in [0.3, 0.4) is 0 Å². The number of methoxy groups -OCH3 is 1. The Kier molecular flexibility index (Phi) is 29.4. The van der Waals surface area contributed by atoms with Crippen molar-refractivity contribution >= 4 is 116 Å². The van der Waals surface area contributed by atoms with Crippen LogP contribution in [-0.2, 0) is 49.6 Å². The number of aliphatic carboxylic acids is 3. The number of amides is 6. The number of guanidine groups is 1. The summed E-state index contributed by atoms with van der Waals surface area (Å²) < 4.78 is 21.6. The molecule has 1 fully saturated rings. The van der Waals surface area contributed by atoms with E-state index in [0.717, 1.165) is 21.6 Å². The van der Waals surface area contributed by atoms with Crippen LogP contribution in [0.15, 0.2) is 71.7 Å². The number of carboxylic acid groups (broad SMARTS) is 3. The van der Waals surface area contributed by atoms with E-state index in [2.05, 4.69) is 62.5 Å². The maximum Gasteiger partial charge on any atom is 0.407 e. The fourth-order valence-electron chi connectivity index (χ4n) is 9.07. The summed E-state index contributed by atoms with van der Waals surface area (Å²) in [5.74, 6) is -11.3. The number of hydrogen-bond donors (Lipinski definition) is 21. The zero-order valence-electron chi connectivity index (χ0n) is 52.3. The Labute approximate surface area is 568 Å². The summed E-state index contributed by atoms with van der Waals surface area (Å²) >= 11 is 0. The second-order valence-corrected chi connectivity index (χ2v) is 24.1. The number of rotatable bonds is 37. The van der Waals surface area contributed by atoms with Gasteiger partial charge in [-0.05, 0) is 78.9 Å². The Bertz CT molecular complexity index is 3800. The molecule has 1 aliphatic rings. The molecule has 0 aliphatic carbocycles. The molecular formula is C59H73N15O23S2. The van der Waals surface area contributed by atoms with Crippen molar-refractivity contribution in [3.63, 3.8) is 0 Å². The lowest BCUT2D eigenvalue weighted by molar-refractivity contribution is -0.270. The summed E-state index contributed by atoms with van der Waals surface area (Å²) in [7, 11) is 3.31. The average molecular weight is 1420 g/mol. The molecule has 99 heavy (non-hydrogen) atoms. The number of aliphatic hydroxyl groups excluding tert-OH is 4. The lowest BCUT2D eigenvalue weighted by atomic mass is 9.99. The molecule has 6 rings (SSSR count). The van der Waals surface area contributed by atoms with Gasteiger partial charge in [-0.3, -0.25) is 44.0 Å². The van der Waals surface area contributed by atoms with E-state index in [4.69, 9.17) is 35.8 Å². The van der Waals surface area contributed by atoms with Crippen molar-refractivity contribution in [3.05, 3.63) is 99.6 Å². The van der Waals surface area contributed by atoms with Crippen LogP contribution in [0, 0.1) is 5.41 Å². The zero-order valence-corrected chi connectivity index (χ0v) is 54.0. The molecule has 2 aromatic heterocycles. The van der Waals surface area contributed by atoms with Crippen molar-refractivity contribution in [3.8, 4) is 23.0 Å². The molecule has 534 valence electrons. The predicted octanol–water partition coefficient (Wildman–Crippen LogP) is -2.79. The summed E-state index contributed by atoms with van der Waals surface area (Å²) in [4.78, 5) is 143. The molecule has 40 heteroatoms. The molecule has 0 saturated carbocycles. The van der Waals surface area contributed by atoms with Crippen LogP contribution >= 0.6 is 21.6 Å². The van der Waals surface area contributed by atoms with Gasteiger partial charge in [0, 0.05) is 48.3 Å². The van der Waals surface area contributed by atoms with Gasteiger partial charge >= 0.3 is 24.0 Å². The van der Waals surface area contributed by atoms with E-state index >= 15 is 0 Å². The third-order valence-corrected chi connectivity index (χ3v) is 16.5. The molecule has 0 unspecified atom stereocenters. The number of aromatic hydroxyl groups is 2. The molecule has 3 aromatic carbocycles. The van der Waals surface area contributed by atoms with Gasteiger partial charge in [-0.25, -0.2) is 24.4 Å². The second kappa shape index (κ2) is 37.7. The van der Waals surface area contributed by atoms with Crippen LogP contribution in [0.5, 0.6) is 23.0 Å². The van der Waals surface area contributed by atoms with Crippen molar-refractivity contribution in [2.24, 2.45) is 5.73 Å². The van der Waals surface area contributed by atoms with Crippen LogP contribution < -0.4 is 69.0 Å². The molecule has 10 atom stereocenters. The highest BCUT2D eigenvalue weighted by Crippen LogP contribution is 2.31. The Morgan fingerprint density at radius 3 is 2.14 bits per heavy atom. The number of nitrogens with two attached hydrogens (primary N) is 2. The SMILES string of the molecule is COc1ccc(/C=C/c2cc(O)cc(O[C@@H]3O[C@H](CNC(=O)OCCSSC[C@H](NC(=O)[C@@H](CO)NC(=O)[C@H](CCCNC(=N)N)NC(=O)[C@H](CC(=O)O)NC(=O)CC[C@H](NC(=O)c4ccc(NCc5cnc6nc(N)[nH]c(=O)c6n5)cc4)C(=O)O)C(=O)O)[C@@H](O)[C@H](O)[C@H]3O)c2)cc1O. The smallest absolute Gasteiger partial charge is 0.407 e. The number of phenols is 2. The standard InChI is InChI=1S/C59H73N15O23S2/c1-94-40-12-6-27(19-39(40)77)4-5-28-17-32(76)20-33(18-28)96-56-47(83)46(82)45(81)41(97-56)24-66-59(93)95-15-16-98-99-26-38(55(91)92)72-52(87)37(25-75)71-50(85)34(3-2-14-63-57(60)61)69-51(86)36(21-43(79)80)68-42(78)13-11-35(54(89)90)70-49(84)29-7-9-30(10-8-29)64-22-31-23-65-48-44(67-31)53(88)74-58(62)73-48/h4-10,12,17-20,23,34-38,41,45-47,56,64,75-77,81-83H,2-3,11,13-16,21-22,24-26H2,1H3,(H,66,93)(H,68,78)(H,69,86)(H,70,84)(H,71,85)(H,72,87)(H,79,80)(H,89,90)(H,91,92)(H4,60,61,63)(H3,62,65,73,74,88)/b5-4+/t34-,35-,36-,37+,38-,41+,45+,46-,47+,56+/m0/s1. The number of aromatic nitrogens is 4. The average Bonchev–Trinajstić information content (AvgIpc) is 0.819. The number of nitrogen functional groups attached to an aromatic ring is 1. The third kappa shape index (κ3) is 24.4. The number of fused-ring (bicyclic) bond motifs is 1. The molecule has 0 radical (unpaired) electrons. The van der Waals surface area contributed by atoms with Gasteiger partial charge in [0.1, 0.15) is 72.7 Å². The number of ether oxygens (including phenoxy) is 4. The maximum atomic E-state index is 13.8. The summed E-state index contributed by atoms with van der Waals surface area (Å²) in [6.07, 6.45) is -7.42. The molecule has 1 saturated heterocycles. The number of aromatic amines is 1. The lowest BCUT2D eigenvalue weighted by Crippen LogP contribution is -2.61. The maximum absolute atomic E-state index is 13.8. The first-order chi connectivity index (χ1) is 47.1. The normalized spacial score (nSPS) is 17.2. The number of anilines is 2. The number of H-pyrrole nitrogens is 1. The molecule has 0 spiro atoms. The number of aliphatic hydroxyl groups is 4. The Hall–Kier alpha value is -10.8. The summed E-state index contributed by atoms with van der Waals surface area (Å²) in [5, 5.41) is 119. The van der Waals surface area contributed by atoms with Crippen LogP contribution in [0.25, 0.3) is 23.3 Å². The van der Waals surface area contributed by atoms with Gasteiger partial charge in [-0.15, -0.1) is 0 Å². The van der Waals surface area contributed by atoms with E-state index in [9.17, 15) is 93.9 Å². The Morgan fingerprint density at radius 1 is 0.778 bits per heavy atom. The minimum Gasteiger partial charge on any atom is -0.508 e. The van der Waals surface area contributed by atoms with Gasteiger partial charge in [0.25, 0.3) is 11.5 Å². The number of alkyl carbamates (subject to hydrolysis) is 1. The Morgan fingerprint density at radius 2 is 1.46 bits per heavy atom. The van der Waals surface area contributed by atoms with Gasteiger partial charge in [0.2, 0.25) is 35.9 Å². The van der Waals surface area contributed by atoms with Crippen LogP contribution in [-0.4, -0.2) is 231 Å². The van der Waals surface area contributed by atoms with Crippen molar-refractivity contribution in [2.75, 3.05) is 56.0 Å². The fraction of sp³-hybridized carbons (Fsp3) is 0.390. The molecule has 3 heterocycles. The van der Waals surface area contributed by atoms with Gasteiger partial charge in [0.15, 0.2) is 28.6 Å². The largest absolute Gasteiger partial charge is 0.508 e. The van der Waals surface area contributed by atoms with Crippen LogP contribution in [0.1, 0.15) is 59.3 Å². The number of carbonyl (C=O) groups is 9. The highest BCUT2D eigenvalue weighted by atomic mass is 33.1. The fourth-order valence-corrected chi connectivity index (χ4v) is 11.0. The van der Waals surface area contributed by atoms with Crippen LogP contribution in [0.2, 0.25) is 0 Å². The number of carboxylic acids is 3. The number of carbonyl (C=O) groups excluding carboxylic acids is 6. The van der Waals surface area contributed by atoms with Crippen LogP contribution in [0.4, 0.5) is 16.4 Å². The van der Waals surface area contributed by atoms with E-state index in [-0.39, 0.29) is 89.7 Å². The van der Waals surface area contributed by atoms with E-state index < -0.39 is 158 Å². The van der Waals surface area contributed by atoms with Gasteiger partial charge in [-0.2, -0.15) is 4.98 Å². The zero-order chi connectivity index (χ0) is 72.5. The van der Waals surface area contributed by atoms with Crippen molar-refractivity contribution < 1.29 is 108 Å². The number of nitrogens with one attached hydrogen (secondary N) is 10. The topological polar surface area (TPSA) is 616 Å². The predicted molar refractivity (Wildman–Crippen MR) is 351 cm³/mol. The van der Waals surface area contributed by atoms with E-state index in [1.54, 1.807) is 24.3 Å². The first-order valence-corrected chi connectivity index (χ1v) is 32.2. The van der Waals surface area contributed by atoms with Crippen molar-refractivity contribution in [1.82, 2.24) is 57.2 Å². The first-order valence-electron chi connectivity index (χ1n) is 29.7. The molecular weight excluding hydrogens is 1350 g/mol. The number of benzene rings is 3. The lowest BCUT2D eigenvalue weighted by Gasteiger charge is -2.40. The first kappa shape index (κ1) is 77.2. The van der Waals surface area contributed by atoms with E-state index in [1.807, 2.05) is 0 Å². The quantitative estimate of drug-likeness (QED) is 0.00628. The molecule has 6 amide bonds. The highest BCUT2D eigenvalue weighted by molar-refractivity contribution is 8.76. The summed E-state index contributed by atoms with van der Waals surface area (Å²) in [5.41, 5.74) is 12.2. The molecule has 1 aliphatic heterocycles. The second-order valence-electron chi connectivity index (χ2n) is 21.5. The molecule has 38 nitrogen and oxygen atoms in total. The molecule has 23 N–H and O–H groups in total. The Balaban J connectivity index is 0.941. The summed E-state index contributed by atoms with van der Waals surface area (Å²) in [6.45, 7) is -1.82. The monoisotopic (exact) mass is 1420 g/mol. The van der Waals surface area contributed by atoms with Gasteiger partial charge < -0.3 is 119 Å². The number of nitrogens with zero attached hydrogens (tertiary/aromatic N) is 3. The highest BCUT2D eigenvalue weighted by Gasteiger charge is 2.45. The van der Waals surface area contributed by atoms with E-state index in [0.29, 0.717) is 22.5 Å². The van der Waals surface area contributed by atoms with Crippen molar-refractivity contribution in [2.45, 2.75) is 99.6 Å². The third-order valence-electron chi connectivity index (χ3n) is 14.1. The number of phenolic OH excluding ortho intramolecular Hbond substituents is 2. The van der Waals surface area contributed by atoms with Crippen molar-refractivity contribution in [1.29, 1.82) is 5.41 Å². The molecule has 5 aromatic rings. The molecule has 0 bridgehead atoms. The number of hydrogen-bond acceptors (Lipinski definition) is 28. The minimum absolute atomic E-state index is 0.00693. The van der Waals surface area contributed by atoms with Gasteiger partial charge in [0.05, 0.1) is 38.6 Å². The van der Waals surface area contributed by atoms with Gasteiger partial charge in [-0.1, -0.05) is 39.8 Å². The summed E-state index contributed by atoms with van der Waals surface area (Å²) in [6, 6.07) is 5.66. The minimum atomic E-state index is -1.92.